The summed E-state index contributed by atoms with van der Waals surface area (Å²) in [4.78, 5) is 11.6. The summed E-state index contributed by atoms with van der Waals surface area (Å²) in [5, 5.41) is 7.70. The van der Waals surface area contributed by atoms with Gasteiger partial charge in [-0.25, -0.2) is 9.97 Å². The number of aryl methyl sites for hydroxylation is 3. The molecule has 23 heavy (non-hydrogen) atoms. The Morgan fingerprint density at radius 3 is 2.83 bits per heavy atom. The fourth-order valence-electron chi connectivity index (χ4n) is 3.33. The fraction of sp³-hybridized carbons (Fsp3) is 0.588. The van der Waals surface area contributed by atoms with Gasteiger partial charge in [0.25, 0.3) is 0 Å². The second-order valence-corrected chi connectivity index (χ2v) is 6.20. The molecule has 0 aromatic carbocycles. The second-order valence-electron chi connectivity index (χ2n) is 6.20. The molecule has 0 radical (unpaired) electrons. The van der Waals surface area contributed by atoms with Crippen LogP contribution in [0.4, 0.5) is 5.82 Å². The number of aromatic nitrogens is 4. The van der Waals surface area contributed by atoms with E-state index in [1.165, 1.54) is 12.0 Å². The van der Waals surface area contributed by atoms with Gasteiger partial charge in [-0.1, -0.05) is 0 Å². The highest BCUT2D eigenvalue weighted by Crippen LogP contribution is 2.33. The minimum Gasteiger partial charge on any atom is -0.373 e. The summed E-state index contributed by atoms with van der Waals surface area (Å²) in [5.41, 5.74) is 3.57. The molecule has 6 heteroatoms. The van der Waals surface area contributed by atoms with Crippen LogP contribution in [0.3, 0.4) is 0 Å². The molecule has 3 heterocycles. The lowest BCUT2D eigenvalue weighted by molar-refractivity contribution is 0.243. The van der Waals surface area contributed by atoms with Gasteiger partial charge >= 0.3 is 0 Å². The van der Waals surface area contributed by atoms with Crippen LogP contribution in [0.2, 0.25) is 0 Å². The minimum absolute atomic E-state index is 0.369. The minimum atomic E-state index is 0.369. The van der Waals surface area contributed by atoms with Gasteiger partial charge in [0.1, 0.15) is 11.6 Å². The number of nitrogens with one attached hydrogen (secondary N) is 1. The summed E-state index contributed by atoms with van der Waals surface area (Å²) in [6.07, 6.45) is 4.54. The van der Waals surface area contributed by atoms with Crippen LogP contribution in [0.5, 0.6) is 0 Å². The zero-order valence-electron chi connectivity index (χ0n) is 14.5. The van der Waals surface area contributed by atoms with E-state index in [4.69, 9.17) is 0 Å². The maximum Gasteiger partial charge on any atom is 0.129 e. The Kier molecular flexibility index (Phi) is 4.61. The Morgan fingerprint density at radius 1 is 1.30 bits per heavy atom. The number of rotatable bonds is 5. The Balaban J connectivity index is 1.82. The predicted octanol–water partition coefficient (Wildman–Crippen LogP) is 2.69. The van der Waals surface area contributed by atoms with E-state index < -0.39 is 0 Å². The van der Waals surface area contributed by atoms with Crippen LogP contribution in [0.1, 0.15) is 48.6 Å². The van der Waals surface area contributed by atoms with Crippen molar-refractivity contribution in [3.05, 3.63) is 35.0 Å². The van der Waals surface area contributed by atoms with Gasteiger partial charge in [-0.15, -0.1) is 0 Å². The van der Waals surface area contributed by atoms with Gasteiger partial charge in [-0.2, -0.15) is 5.10 Å². The van der Waals surface area contributed by atoms with Crippen LogP contribution in [0.25, 0.3) is 0 Å². The molecule has 0 aliphatic carbocycles. The van der Waals surface area contributed by atoms with Gasteiger partial charge in [0.2, 0.25) is 0 Å². The molecule has 1 fully saturated rings. The number of anilines is 1. The molecule has 1 aliphatic rings. The van der Waals surface area contributed by atoms with Crippen molar-refractivity contribution in [1.82, 2.24) is 24.6 Å². The Bertz CT molecular complexity index is 678. The average Bonchev–Trinajstić information content (AvgIpc) is 3.14. The quantitative estimate of drug-likeness (QED) is 0.919. The van der Waals surface area contributed by atoms with Crippen LogP contribution in [0.15, 0.2) is 12.3 Å². The molecule has 2 aromatic heterocycles. The van der Waals surface area contributed by atoms with Crippen molar-refractivity contribution < 1.29 is 0 Å². The number of hydrogen-bond acceptors (Lipinski definition) is 5. The number of likely N-dealkylation sites (tertiary alicyclic amines) is 1. The largest absolute Gasteiger partial charge is 0.373 e. The van der Waals surface area contributed by atoms with Crippen molar-refractivity contribution in [3.8, 4) is 0 Å². The zero-order chi connectivity index (χ0) is 16.4. The van der Waals surface area contributed by atoms with E-state index in [0.717, 1.165) is 49.1 Å². The Hall–Kier alpha value is -1.95. The lowest BCUT2D eigenvalue weighted by atomic mass is 10.1. The van der Waals surface area contributed by atoms with E-state index in [1.54, 1.807) is 0 Å². The van der Waals surface area contributed by atoms with Crippen molar-refractivity contribution in [2.45, 2.75) is 52.7 Å². The predicted molar refractivity (Wildman–Crippen MR) is 91.3 cm³/mol. The van der Waals surface area contributed by atoms with Crippen molar-refractivity contribution in [2.24, 2.45) is 0 Å². The van der Waals surface area contributed by atoms with Gasteiger partial charge in [-0.05, 0) is 40.2 Å². The summed E-state index contributed by atoms with van der Waals surface area (Å²) in [6.45, 7) is 9.14. The average molecular weight is 314 g/mol. The van der Waals surface area contributed by atoms with Gasteiger partial charge < -0.3 is 5.32 Å². The summed E-state index contributed by atoms with van der Waals surface area (Å²) in [7, 11) is 1.90. The highest BCUT2D eigenvalue weighted by molar-refractivity contribution is 5.36. The lowest BCUT2D eigenvalue weighted by Crippen LogP contribution is -2.24. The highest BCUT2D eigenvalue weighted by Gasteiger charge is 2.28. The molecule has 2 aromatic rings. The topological polar surface area (TPSA) is 58.9 Å². The summed E-state index contributed by atoms with van der Waals surface area (Å²) in [6, 6.07) is 2.45. The molecule has 0 bridgehead atoms. The third-order valence-electron chi connectivity index (χ3n) is 4.56. The number of nitrogens with zero attached hydrogens (tertiary/aromatic N) is 5. The third-order valence-corrected chi connectivity index (χ3v) is 4.56. The van der Waals surface area contributed by atoms with Crippen LogP contribution in [-0.2, 0) is 13.1 Å². The molecule has 1 aliphatic heterocycles. The normalized spacial score (nSPS) is 18.5. The van der Waals surface area contributed by atoms with Gasteiger partial charge in [0.05, 0.1) is 17.4 Å². The monoisotopic (exact) mass is 314 g/mol. The van der Waals surface area contributed by atoms with Gasteiger partial charge in [-0.3, -0.25) is 9.58 Å². The first-order chi connectivity index (χ1) is 11.1. The second kappa shape index (κ2) is 6.66. The maximum absolute atomic E-state index is 4.69. The van der Waals surface area contributed by atoms with Crippen LogP contribution < -0.4 is 5.32 Å². The molecule has 6 nitrogen and oxygen atoms in total. The van der Waals surface area contributed by atoms with E-state index in [-0.39, 0.29) is 0 Å². The maximum atomic E-state index is 4.69. The molecule has 0 saturated carbocycles. The molecule has 1 atom stereocenters. The van der Waals surface area contributed by atoms with Gasteiger partial charge in [0, 0.05) is 38.0 Å². The first kappa shape index (κ1) is 15.9. The molecule has 1 N–H and O–H groups in total. The van der Waals surface area contributed by atoms with Gasteiger partial charge in [0.15, 0.2) is 0 Å². The van der Waals surface area contributed by atoms with E-state index in [1.807, 2.05) is 18.7 Å². The zero-order valence-corrected chi connectivity index (χ0v) is 14.5. The molecular formula is C17H26N6. The van der Waals surface area contributed by atoms with E-state index in [0.29, 0.717) is 6.04 Å². The molecule has 0 unspecified atom stereocenters. The van der Waals surface area contributed by atoms with Crippen LogP contribution in [-0.4, -0.2) is 38.2 Å². The SMILES string of the molecule is CCn1cc(CN2CCC[C@H]2c2cc(NC)nc(C)n2)c(C)n1. The third kappa shape index (κ3) is 3.37. The van der Waals surface area contributed by atoms with Crippen molar-refractivity contribution in [1.29, 1.82) is 0 Å². The van der Waals surface area contributed by atoms with Crippen LogP contribution >= 0.6 is 0 Å². The molecular weight excluding hydrogens is 288 g/mol. The molecule has 3 rings (SSSR count). The standard InChI is InChI=1S/C17H26N6/c1-5-23-11-14(12(2)21-23)10-22-8-6-7-16(22)15-9-17(18-4)20-13(3)19-15/h9,11,16H,5-8,10H2,1-4H3,(H,18,19,20)/t16-/m0/s1. The van der Waals surface area contributed by atoms with Crippen molar-refractivity contribution in [3.63, 3.8) is 0 Å². The summed E-state index contributed by atoms with van der Waals surface area (Å²) >= 11 is 0. The van der Waals surface area contributed by atoms with Crippen molar-refractivity contribution >= 4 is 5.82 Å². The Labute approximate surface area is 137 Å². The smallest absolute Gasteiger partial charge is 0.129 e. The molecule has 0 amide bonds. The summed E-state index contributed by atoms with van der Waals surface area (Å²) in [5.74, 6) is 1.73. The first-order valence-corrected chi connectivity index (χ1v) is 8.41. The Morgan fingerprint density at radius 2 is 2.13 bits per heavy atom. The first-order valence-electron chi connectivity index (χ1n) is 8.41. The highest BCUT2D eigenvalue weighted by atomic mass is 15.3. The van der Waals surface area contributed by atoms with Crippen molar-refractivity contribution in [2.75, 3.05) is 18.9 Å². The fourth-order valence-corrected chi connectivity index (χ4v) is 3.33. The van der Waals surface area contributed by atoms with E-state index in [2.05, 4.69) is 51.4 Å². The molecule has 1 saturated heterocycles. The van der Waals surface area contributed by atoms with E-state index >= 15 is 0 Å². The van der Waals surface area contributed by atoms with E-state index in [9.17, 15) is 0 Å². The number of hydrogen-bond donors (Lipinski definition) is 1. The lowest BCUT2D eigenvalue weighted by Gasteiger charge is -2.24. The van der Waals surface area contributed by atoms with Crippen LogP contribution in [0, 0.1) is 13.8 Å². The molecule has 124 valence electrons. The summed E-state index contributed by atoms with van der Waals surface area (Å²) < 4.78 is 2.02. The molecule has 0 spiro atoms.